The van der Waals surface area contributed by atoms with E-state index in [-0.39, 0.29) is 0 Å². The van der Waals surface area contributed by atoms with Gasteiger partial charge in [0.1, 0.15) is 5.75 Å². The number of hydrogen-bond donors (Lipinski definition) is 1. The Balaban J connectivity index is 2.14. The third-order valence-electron chi connectivity index (χ3n) is 2.24. The number of rotatable bonds is 3. The maximum Gasteiger partial charge on any atom is 0.118 e. The van der Waals surface area contributed by atoms with Crippen LogP contribution in [-0.4, -0.2) is 22.5 Å². The van der Waals surface area contributed by atoms with Crippen molar-refractivity contribution in [3.63, 3.8) is 0 Å². The number of methoxy groups -OCH3 is 1. The van der Waals surface area contributed by atoms with Crippen molar-refractivity contribution < 1.29 is 4.74 Å². The predicted molar refractivity (Wildman–Crippen MR) is 56.6 cm³/mol. The van der Waals surface area contributed by atoms with Crippen LogP contribution >= 0.6 is 0 Å². The molecule has 4 heteroatoms. The van der Waals surface area contributed by atoms with E-state index in [2.05, 4.69) is 22.3 Å². The molecule has 2 rings (SSSR count). The number of ether oxygens (including phenoxy) is 1. The number of nitrogens with one attached hydrogen (secondary N) is 1. The van der Waals surface area contributed by atoms with E-state index < -0.39 is 0 Å². The monoisotopic (exact) mass is 202 g/mol. The number of hydrogen-bond acceptors (Lipinski definition) is 3. The van der Waals surface area contributed by atoms with Crippen molar-refractivity contribution >= 4 is 0 Å². The van der Waals surface area contributed by atoms with Gasteiger partial charge in [-0.25, -0.2) is 0 Å². The molecule has 1 radical (unpaired) electrons. The maximum absolute atomic E-state index is 5.08. The lowest BCUT2D eigenvalue weighted by Gasteiger charge is -2.02. The molecule has 1 N–H and O–H groups in total. The highest BCUT2D eigenvalue weighted by atomic mass is 16.5. The standard InChI is InChI=1S/C11H12N3O/c1-8-11(13-14-12-8)7-9-3-5-10(15-2)6-4-9/h3-6H,1,7H2,2H3,(H,12,13,14). The smallest absolute Gasteiger partial charge is 0.118 e. The van der Waals surface area contributed by atoms with Gasteiger partial charge in [-0.2, -0.15) is 0 Å². The third kappa shape index (κ3) is 2.15. The summed E-state index contributed by atoms with van der Waals surface area (Å²) in [5.74, 6) is 0.858. The molecule has 0 saturated heterocycles. The molecule has 1 heterocycles. The molecular formula is C11H12N3O. The summed E-state index contributed by atoms with van der Waals surface area (Å²) >= 11 is 0. The summed E-state index contributed by atoms with van der Waals surface area (Å²) in [5, 5.41) is 10.3. The molecule has 0 fully saturated rings. The predicted octanol–water partition coefficient (Wildman–Crippen LogP) is 1.59. The number of benzene rings is 1. The summed E-state index contributed by atoms with van der Waals surface area (Å²) in [5.41, 5.74) is 2.82. The highest BCUT2D eigenvalue weighted by Gasteiger charge is 2.03. The summed E-state index contributed by atoms with van der Waals surface area (Å²) in [4.78, 5) is 0. The highest BCUT2D eigenvalue weighted by Crippen LogP contribution is 2.14. The SMILES string of the molecule is [CH2]c1nn[nH]c1Cc1ccc(OC)cc1. The van der Waals surface area contributed by atoms with Crippen LogP contribution in [0, 0.1) is 6.92 Å². The summed E-state index contributed by atoms with van der Waals surface area (Å²) < 4.78 is 5.08. The fourth-order valence-electron chi connectivity index (χ4n) is 1.36. The molecule has 2 aromatic rings. The lowest BCUT2D eigenvalue weighted by atomic mass is 10.1. The Kier molecular flexibility index (Phi) is 2.67. The summed E-state index contributed by atoms with van der Waals surface area (Å²) in [6, 6.07) is 7.89. The van der Waals surface area contributed by atoms with Gasteiger partial charge < -0.3 is 4.74 Å². The molecule has 0 saturated carbocycles. The Morgan fingerprint density at radius 1 is 1.33 bits per heavy atom. The normalized spacial score (nSPS) is 10.3. The molecule has 0 spiro atoms. The third-order valence-corrected chi connectivity index (χ3v) is 2.24. The van der Waals surface area contributed by atoms with Crippen LogP contribution in [0.4, 0.5) is 0 Å². The zero-order valence-corrected chi connectivity index (χ0v) is 8.53. The van der Waals surface area contributed by atoms with Gasteiger partial charge in [-0.3, -0.25) is 5.10 Å². The van der Waals surface area contributed by atoms with E-state index >= 15 is 0 Å². The van der Waals surface area contributed by atoms with E-state index in [1.54, 1.807) is 7.11 Å². The molecule has 15 heavy (non-hydrogen) atoms. The van der Waals surface area contributed by atoms with Gasteiger partial charge in [-0.1, -0.05) is 17.3 Å². The van der Waals surface area contributed by atoms with Crippen molar-refractivity contribution in [1.82, 2.24) is 15.4 Å². The van der Waals surface area contributed by atoms with Crippen LogP contribution in [0.5, 0.6) is 5.75 Å². The largest absolute Gasteiger partial charge is 0.497 e. The van der Waals surface area contributed by atoms with Crippen LogP contribution in [0.3, 0.4) is 0 Å². The number of nitrogens with zero attached hydrogens (tertiary/aromatic N) is 2. The Bertz CT molecular complexity index is 433. The van der Waals surface area contributed by atoms with Gasteiger partial charge in [0, 0.05) is 6.42 Å². The van der Waals surface area contributed by atoms with Crippen molar-refractivity contribution in [1.29, 1.82) is 0 Å². The van der Waals surface area contributed by atoms with Crippen molar-refractivity contribution in [2.45, 2.75) is 6.42 Å². The topological polar surface area (TPSA) is 50.8 Å². The van der Waals surface area contributed by atoms with Crippen molar-refractivity contribution in [2.24, 2.45) is 0 Å². The molecular weight excluding hydrogens is 190 g/mol. The first-order chi connectivity index (χ1) is 7.29. The van der Waals surface area contributed by atoms with E-state index in [0.29, 0.717) is 5.69 Å². The molecule has 1 aromatic carbocycles. The summed E-state index contributed by atoms with van der Waals surface area (Å²) in [6.45, 7) is 3.78. The minimum atomic E-state index is 0.700. The van der Waals surface area contributed by atoms with Crippen LogP contribution in [0.25, 0.3) is 0 Å². The molecule has 4 nitrogen and oxygen atoms in total. The first kappa shape index (κ1) is 9.71. The Morgan fingerprint density at radius 2 is 2.07 bits per heavy atom. The van der Waals surface area contributed by atoms with Crippen LogP contribution in [0.2, 0.25) is 0 Å². The van der Waals surface area contributed by atoms with Gasteiger partial charge in [0.05, 0.1) is 18.5 Å². The van der Waals surface area contributed by atoms with E-state index in [1.165, 1.54) is 5.56 Å². The van der Waals surface area contributed by atoms with Crippen LogP contribution in [0.1, 0.15) is 17.0 Å². The van der Waals surface area contributed by atoms with Gasteiger partial charge in [0.25, 0.3) is 0 Å². The first-order valence-electron chi connectivity index (χ1n) is 4.64. The van der Waals surface area contributed by atoms with E-state index in [9.17, 15) is 0 Å². The van der Waals surface area contributed by atoms with Crippen LogP contribution in [-0.2, 0) is 6.42 Å². The van der Waals surface area contributed by atoms with E-state index in [4.69, 9.17) is 4.74 Å². The molecule has 0 amide bonds. The second kappa shape index (κ2) is 4.13. The second-order valence-electron chi connectivity index (χ2n) is 3.26. The maximum atomic E-state index is 5.08. The van der Waals surface area contributed by atoms with Crippen LogP contribution in [0.15, 0.2) is 24.3 Å². The van der Waals surface area contributed by atoms with Gasteiger partial charge in [0.15, 0.2) is 0 Å². The molecule has 0 aliphatic carbocycles. The molecule has 77 valence electrons. The van der Waals surface area contributed by atoms with Crippen LogP contribution < -0.4 is 4.74 Å². The minimum Gasteiger partial charge on any atom is -0.497 e. The quantitative estimate of drug-likeness (QED) is 0.822. The second-order valence-corrected chi connectivity index (χ2v) is 3.26. The fourth-order valence-corrected chi connectivity index (χ4v) is 1.36. The van der Waals surface area contributed by atoms with Gasteiger partial charge >= 0.3 is 0 Å². The highest BCUT2D eigenvalue weighted by molar-refractivity contribution is 5.30. The zero-order chi connectivity index (χ0) is 10.7. The van der Waals surface area contributed by atoms with E-state index in [1.807, 2.05) is 24.3 Å². The van der Waals surface area contributed by atoms with Crippen molar-refractivity contribution in [3.8, 4) is 5.75 Å². The van der Waals surface area contributed by atoms with Crippen molar-refractivity contribution in [2.75, 3.05) is 7.11 Å². The lowest BCUT2D eigenvalue weighted by molar-refractivity contribution is 0.414. The Labute approximate surface area is 88.3 Å². The van der Waals surface area contributed by atoms with Crippen molar-refractivity contribution in [3.05, 3.63) is 48.1 Å². The van der Waals surface area contributed by atoms with Gasteiger partial charge in [-0.15, -0.1) is 5.10 Å². The van der Waals surface area contributed by atoms with Gasteiger partial charge in [0.2, 0.25) is 0 Å². The molecule has 0 atom stereocenters. The first-order valence-corrected chi connectivity index (χ1v) is 4.64. The Morgan fingerprint density at radius 3 is 2.60 bits per heavy atom. The molecule has 0 unspecified atom stereocenters. The molecule has 0 aliphatic rings. The van der Waals surface area contributed by atoms with E-state index in [0.717, 1.165) is 17.9 Å². The van der Waals surface area contributed by atoms with Gasteiger partial charge in [-0.05, 0) is 24.6 Å². The Hall–Kier alpha value is -1.84. The lowest BCUT2D eigenvalue weighted by Crippen LogP contribution is -1.91. The molecule has 1 aromatic heterocycles. The average molecular weight is 202 g/mol. The minimum absolute atomic E-state index is 0.700. The average Bonchev–Trinajstić information content (AvgIpc) is 2.66. The fraction of sp³-hybridized carbons (Fsp3) is 0.182. The summed E-state index contributed by atoms with van der Waals surface area (Å²) in [6.07, 6.45) is 0.760. The molecule has 0 aliphatic heterocycles. The number of aromatic amines is 1. The number of aromatic nitrogens is 3. The molecule has 0 bridgehead atoms. The summed E-state index contributed by atoms with van der Waals surface area (Å²) in [7, 11) is 1.65. The number of H-pyrrole nitrogens is 1. The zero-order valence-electron chi connectivity index (χ0n) is 8.53.